The minimum Gasteiger partial charge on any atom is -0.315 e. The number of hydrogen-bond donors (Lipinski definition) is 2. The molecule has 3 aliphatic heterocycles. The van der Waals surface area contributed by atoms with Gasteiger partial charge in [-0.15, -0.1) is 0 Å². The molecular weight excluding hydrogens is 248 g/mol. The van der Waals surface area contributed by atoms with Crippen LogP contribution in [0.5, 0.6) is 0 Å². The SMILES string of the molecule is CC1CCCN(C2CNCCC2CN2CCNCC2)C1. The Kier molecular flexibility index (Phi) is 5.32. The van der Waals surface area contributed by atoms with Gasteiger partial charge in [0, 0.05) is 51.9 Å². The smallest absolute Gasteiger partial charge is 0.0261 e. The zero-order valence-electron chi connectivity index (χ0n) is 13.1. The summed E-state index contributed by atoms with van der Waals surface area (Å²) in [6.07, 6.45) is 4.19. The van der Waals surface area contributed by atoms with Gasteiger partial charge in [-0.3, -0.25) is 4.90 Å². The monoisotopic (exact) mass is 280 g/mol. The Morgan fingerprint density at radius 1 is 1.00 bits per heavy atom. The highest BCUT2D eigenvalue weighted by Gasteiger charge is 2.33. The summed E-state index contributed by atoms with van der Waals surface area (Å²) in [5, 5.41) is 7.11. The molecule has 3 atom stereocenters. The highest BCUT2D eigenvalue weighted by Crippen LogP contribution is 2.25. The predicted molar refractivity (Wildman–Crippen MR) is 84.0 cm³/mol. The first-order valence-electron chi connectivity index (χ1n) is 8.71. The number of likely N-dealkylation sites (tertiary alicyclic amines) is 1. The zero-order chi connectivity index (χ0) is 13.8. The van der Waals surface area contributed by atoms with Gasteiger partial charge in [0.25, 0.3) is 0 Å². The van der Waals surface area contributed by atoms with E-state index in [0.717, 1.165) is 17.9 Å². The molecule has 3 rings (SSSR count). The second-order valence-electron chi connectivity index (χ2n) is 7.11. The summed E-state index contributed by atoms with van der Waals surface area (Å²) < 4.78 is 0. The lowest BCUT2D eigenvalue weighted by atomic mass is 9.88. The summed E-state index contributed by atoms with van der Waals surface area (Å²) in [7, 11) is 0. The lowest BCUT2D eigenvalue weighted by molar-refractivity contribution is 0.0538. The highest BCUT2D eigenvalue weighted by atomic mass is 15.2. The van der Waals surface area contributed by atoms with Crippen molar-refractivity contribution in [1.82, 2.24) is 20.4 Å². The van der Waals surface area contributed by atoms with Gasteiger partial charge in [0.05, 0.1) is 0 Å². The molecular formula is C16H32N4. The molecule has 2 N–H and O–H groups in total. The van der Waals surface area contributed by atoms with Crippen molar-refractivity contribution in [3.8, 4) is 0 Å². The molecule has 0 aromatic heterocycles. The Hall–Kier alpha value is -0.160. The van der Waals surface area contributed by atoms with Crippen molar-refractivity contribution in [2.75, 3.05) is 58.9 Å². The van der Waals surface area contributed by atoms with Crippen LogP contribution in [-0.4, -0.2) is 74.7 Å². The molecule has 3 fully saturated rings. The summed E-state index contributed by atoms with van der Waals surface area (Å²) in [6.45, 7) is 13.7. The number of hydrogen-bond acceptors (Lipinski definition) is 4. The lowest BCUT2D eigenvalue weighted by Crippen LogP contribution is -2.57. The van der Waals surface area contributed by atoms with E-state index in [4.69, 9.17) is 0 Å². The van der Waals surface area contributed by atoms with Crippen LogP contribution in [-0.2, 0) is 0 Å². The van der Waals surface area contributed by atoms with Gasteiger partial charge >= 0.3 is 0 Å². The Balaban J connectivity index is 1.57. The summed E-state index contributed by atoms with van der Waals surface area (Å²) in [5.74, 6) is 1.77. The largest absolute Gasteiger partial charge is 0.315 e. The molecule has 4 nitrogen and oxygen atoms in total. The van der Waals surface area contributed by atoms with Crippen LogP contribution >= 0.6 is 0 Å². The van der Waals surface area contributed by atoms with Crippen LogP contribution in [0.2, 0.25) is 0 Å². The molecule has 3 unspecified atom stereocenters. The quantitative estimate of drug-likeness (QED) is 0.793. The topological polar surface area (TPSA) is 30.5 Å². The molecule has 0 spiro atoms. The van der Waals surface area contributed by atoms with E-state index in [1.807, 2.05) is 0 Å². The van der Waals surface area contributed by atoms with E-state index >= 15 is 0 Å². The molecule has 3 aliphatic rings. The van der Waals surface area contributed by atoms with E-state index < -0.39 is 0 Å². The second kappa shape index (κ2) is 7.21. The van der Waals surface area contributed by atoms with Crippen LogP contribution < -0.4 is 10.6 Å². The lowest BCUT2D eigenvalue weighted by Gasteiger charge is -2.45. The van der Waals surface area contributed by atoms with Crippen molar-refractivity contribution in [3.05, 3.63) is 0 Å². The molecule has 4 heteroatoms. The normalized spacial score (nSPS) is 38.0. The number of nitrogens with one attached hydrogen (secondary N) is 2. The van der Waals surface area contributed by atoms with Crippen molar-refractivity contribution in [2.45, 2.75) is 32.2 Å². The molecule has 20 heavy (non-hydrogen) atoms. The maximum Gasteiger partial charge on any atom is 0.0261 e. The maximum atomic E-state index is 3.64. The fourth-order valence-electron chi connectivity index (χ4n) is 4.29. The van der Waals surface area contributed by atoms with Crippen molar-refractivity contribution in [3.63, 3.8) is 0 Å². The number of piperazine rings is 1. The molecule has 0 amide bonds. The zero-order valence-corrected chi connectivity index (χ0v) is 13.1. The standard InChI is InChI=1S/C16H32N4/c1-14-3-2-8-20(12-14)16-11-18-5-4-15(16)13-19-9-6-17-7-10-19/h14-18H,2-13H2,1H3. The maximum absolute atomic E-state index is 3.64. The third kappa shape index (κ3) is 3.73. The van der Waals surface area contributed by atoms with E-state index in [1.165, 1.54) is 78.2 Å². The first-order chi connectivity index (χ1) is 9.83. The van der Waals surface area contributed by atoms with Gasteiger partial charge in [-0.1, -0.05) is 6.92 Å². The predicted octanol–water partition coefficient (Wildman–Crippen LogP) is 0.602. The van der Waals surface area contributed by atoms with E-state index in [0.29, 0.717) is 0 Å². The first kappa shape index (κ1) is 14.8. The number of nitrogens with zero attached hydrogens (tertiary/aromatic N) is 2. The van der Waals surface area contributed by atoms with Gasteiger partial charge < -0.3 is 15.5 Å². The van der Waals surface area contributed by atoms with Crippen LogP contribution in [0.1, 0.15) is 26.2 Å². The third-order valence-electron chi connectivity index (χ3n) is 5.45. The number of rotatable bonds is 3. The van der Waals surface area contributed by atoms with E-state index in [2.05, 4.69) is 27.4 Å². The minimum absolute atomic E-state index is 0.779. The van der Waals surface area contributed by atoms with Crippen molar-refractivity contribution < 1.29 is 0 Å². The molecule has 0 aliphatic carbocycles. The average molecular weight is 280 g/mol. The Morgan fingerprint density at radius 2 is 1.85 bits per heavy atom. The van der Waals surface area contributed by atoms with Crippen LogP contribution in [0.4, 0.5) is 0 Å². The fraction of sp³-hybridized carbons (Fsp3) is 1.00. The van der Waals surface area contributed by atoms with Crippen LogP contribution in [0.3, 0.4) is 0 Å². The van der Waals surface area contributed by atoms with E-state index in [1.54, 1.807) is 0 Å². The van der Waals surface area contributed by atoms with Gasteiger partial charge in [0.15, 0.2) is 0 Å². The first-order valence-corrected chi connectivity index (χ1v) is 8.71. The summed E-state index contributed by atoms with van der Waals surface area (Å²) in [5.41, 5.74) is 0. The van der Waals surface area contributed by atoms with Crippen molar-refractivity contribution in [2.24, 2.45) is 11.8 Å². The third-order valence-corrected chi connectivity index (χ3v) is 5.45. The molecule has 0 saturated carbocycles. The Morgan fingerprint density at radius 3 is 2.65 bits per heavy atom. The van der Waals surface area contributed by atoms with Crippen LogP contribution in [0.15, 0.2) is 0 Å². The Bertz CT molecular complexity index is 290. The van der Waals surface area contributed by atoms with Crippen molar-refractivity contribution in [1.29, 1.82) is 0 Å². The van der Waals surface area contributed by atoms with E-state index in [-0.39, 0.29) is 0 Å². The van der Waals surface area contributed by atoms with Gasteiger partial charge in [0.1, 0.15) is 0 Å². The van der Waals surface area contributed by atoms with E-state index in [9.17, 15) is 0 Å². The van der Waals surface area contributed by atoms with Gasteiger partial charge in [-0.25, -0.2) is 0 Å². The second-order valence-corrected chi connectivity index (χ2v) is 7.11. The summed E-state index contributed by atoms with van der Waals surface area (Å²) in [6, 6.07) is 0.779. The van der Waals surface area contributed by atoms with Crippen LogP contribution in [0.25, 0.3) is 0 Å². The van der Waals surface area contributed by atoms with Crippen molar-refractivity contribution >= 4 is 0 Å². The average Bonchev–Trinajstić information content (AvgIpc) is 2.49. The molecule has 0 radical (unpaired) electrons. The fourth-order valence-corrected chi connectivity index (χ4v) is 4.29. The molecule has 3 heterocycles. The number of piperidine rings is 2. The summed E-state index contributed by atoms with van der Waals surface area (Å²) in [4.78, 5) is 5.49. The molecule has 0 bridgehead atoms. The molecule has 3 saturated heterocycles. The highest BCUT2D eigenvalue weighted by molar-refractivity contribution is 4.90. The summed E-state index contributed by atoms with van der Waals surface area (Å²) >= 11 is 0. The molecule has 0 aromatic carbocycles. The van der Waals surface area contributed by atoms with Gasteiger partial charge in [0.2, 0.25) is 0 Å². The van der Waals surface area contributed by atoms with Gasteiger partial charge in [-0.05, 0) is 44.2 Å². The minimum atomic E-state index is 0.779. The van der Waals surface area contributed by atoms with Crippen LogP contribution in [0, 0.1) is 11.8 Å². The van der Waals surface area contributed by atoms with Gasteiger partial charge in [-0.2, -0.15) is 0 Å². The Labute approximate surface area is 124 Å². The molecule has 116 valence electrons. The molecule has 0 aromatic rings.